The van der Waals surface area contributed by atoms with Crippen LogP contribution in [0.3, 0.4) is 0 Å². The Balaban J connectivity index is 1.47. The number of amides is 1. The number of benzene rings is 2. The molecular weight excluding hydrogens is 494 g/mol. The van der Waals surface area contributed by atoms with Crippen molar-refractivity contribution in [2.24, 2.45) is 0 Å². The number of fused-ring (bicyclic) bond motifs is 1. The number of aliphatic hydroxyl groups excluding tert-OH is 1. The maximum atomic E-state index is 13.8. The fourth-order valence-electron chi connectivity index (χ4n) is 4.30. The van der Waals surface area contributed by atoms with E-state index in [1.807, 2.05) is 18.2 Å². The van der Waals surface area contributed by atoms with E-state index in [2.05, 4.69) is 38.8 Å². The van der Waals surface area contributed by atoms with Crippen LogP contribution < -0.4 is 10.6 Å². The number of aryl methyl sites for hydroxylation is 2. The molecule has 2 atom stereocenters. The molecule has 0 aliphatic carbocycles. The van der Waals surface area contributed by atoms with Gasteiger partial charge in [-0.15, -0.1) is 10.2 Å². The standard InChI is InChI=1S/C27H30F2N6O3/c1-3-17-5-4-6-18(8-17)14-30-15-23(36)22(11-19-9-20(28)12-21(29)10-19)32-25(37)13-24-33-34-27-31-16(2)7-26(38)35(24)27/h4-10,12,22-23,30,36,38H,3,11,13-15H2,1-2H3,(H,32,37)/t22-,23-/m0/s1. The molecule has 2 heterocycles. The highest BCUT2D eigenvalue weighted by Crippen LogP contribution is 2.16. The molecule has 200 valence electrons. The predicted octanol–water partition coefficient (Wildman–Crippen LogP) is 2.40. The molecule has 0 saturated carbocycles. The largest absolute Gasteiger partial charge is 0.494 e. The number of hydrogen-bond acceptors (Lipinski definition) is 7. The maximum Gasteiger partial charge on any atom is 0.258 e. The highest BCUT2D eigenvalue weighted by atomic mass is 19.1. The van der Waals surface area contributed by atoms with Gasteiger partial charge in [-0.1, -0.05) is 31.2 Å². The third kappa shape index (κ3) is 6.87. The molecule has 0 saturated heterocycles. The minimum absolute atomic E-state index is 0.0127. The number of carbonyl (C=O) groups excluding carboxylic acids is 1. The van der Waals surface area contributed by atoms with Crippen LogP contribution in [0.2, 0.25) is 0 Å². The van der Waals surface area contributed by atoms with Crippen LogP contribution >= 0.6 is 0 Å². The fourth-order valence-corrected chi connectivity index (χ4v) is 4.30. The first-order chi connectivity index (χ1) is 18.2. The Bertz CT molecular complexity index is 1410. The molecule has 0 spiro atoms. The Morgan fingerprint density at radius 1 is 1.05 bits per heavy atom. The highest BCUT2D eigenvalue weighted by molar-refractivity contribution is 5.78. The summed E-state index contributed by atoms with van der Waals surface area (Å²) in [6.45, 7) is 4.38. The molecule has 4 rings (SSSR count). The predicted molar refractivity (Wildman–Crippen MR) is 136 cm³/mol. The Morgan fingerprint density at radius 2 is 1.79 bits per heavy atom. The number of aromatic hydroxyl groups is 1. The molecule has 0 fully saturated rings. The number of nitrogens with one attached hydrogen (secondary N) is 2. The van der Waals surface area contributed by atoms with E-state index < -0.39 is 29.7 Å². The van der Waals surface area contributed by atoms with Crippen molar-refractivity contribution < 1.29 is 23.8 Å². The van der Waals surface area contributed by atoms with Crippen LogP contribution in [0.15, 0.2) is 48.5 Å². The topological polar surface area (TPSA) is 125 Å². The number of aromatic nitrogens is 4. The van der Waals surface area contributed by atoms with Crippen molar-refractivity contribution >= 4 is 11.7 Å². The van der Waals surface area contributed by atoms with E-state index in [-0.39, 0.29) is 42.4 Å². The number of hydrogen-bond donors (Lipinski definition) is 4. The molecule has 1 amide bonds. The summed E-state index contributed by atoms with van der Waals surface area (Å²) in [5, 5.41) is 35.0. The lowest BCUT2D eigenvalue weighted by atomic mass is 10.00. The fraction of sp³-hybridized carbons (Fsp3) is 0.333. The van der Waals surface area contributed by atoms with E-state index in [1.165, 1.54) is 16.0 Å². The number of rotatable bonds is 11. The van der Waals surface area contributed by atoms with Crippen molar-refractivity contribution in [2.75, 3.05) is 6.54 Å². The second-order valence-electron chi connectivity index (χ2n) is 9.21. The van der Waals surface area contributed by atoms with E-state index in [0.29, 0.717) is 12.2 Å². The number of nitrogens with zero attached hydrogens (tertiary/aromatic N) is 4. The molecule has 0 aliphatic heterocycles. The molecule has 0 radical (unpaired) electrons. The van der Waals surface area contributed by atoms with Gasteiger partial charge < -0.3 is 20.8 Å². The van der Waals surface area contributed by atoms with Gasteiger partial charge in [-0.2, -0.15) is 0 Å². The molecule has 0 unspecified atom stereocenters. The molecule has 38 heavy (non-hydrogen) atoms. The molecule has 4 N–H and O–H groups in total. The van der Waals surface area contributed by atoms with E-state index in [9.17, 15) is 23.8 Å². The van der Waals surface area contributed by atoms with Gasteiger partial charge in [-0.25, -0.2) is 18.2 Å². The molecule has 11 heteroatoms. The Morgan fingerprint density at radius 3 is 2.53 bits per heavy atom. The zero-order chi connectivity index (χ0) is 27.2. The second-order valence-corrected chi connectivity index (χ2v) is 9.21. The summed E-state index contributed by atoms with van der Waals surface area (Å²) in [6, 6.07) is 11.7. The SMILES string of the molecule is CCc1cccc(CNC[C@H](O)[C@H](Cc2cc(F)cc(F)c2)NC(=O)Cc2nnc3nc(C)cc(O)n23)c1. The average Bonchev–Trinajstić information content (AvgIpc) is 3.25. The molecule has 2 aromatic carbocycles. The van der Waals surface area contributed by atoms with Gasteiger partial charge >= 0.3 is 0 Å². The third-order valence-electron chi connectivity index (χ3n) is 6.15. The Labute approximate surface area is 218 Å². The minimum atomic E-state index is -1.08. The lowest BCUT2D eigenvalue weighted by Gasteiger charge is -2.25. The monoisotopic (exact) mass is 524 g/mol. The van der Waals surface area contributed by atoms with Crippen LogP contribution in [0.1, 0.15) is 35.1 Å². The van der Waals surface area contributed by atoms with Gasteiger partial charge in [0.15, 0.2) is 5.82 Å². The first-order valence-electron chi connectivity index (χ1n) is 12.3. The number of carbonyl (C=O) groups is 1. The zero-order valence-electron chi connectivity index (χ0n) is 21.2. The summed E-state index contributed by atoms with van der Waals surface area (Å²) in [5.74, 6) is -1.88. The van der Waals surface area contributed by atoms with Gasteiger partial charge in [-0.05, 0) is 48.6 Å². The Kier molecular flexibility index (Phi) is 8.59. The van der Waals surface area contributed by atoms with Crippen LogP contribution in [-0.2, 0) is 30.6 Å². The van der Waals surface area contributed by atoms with Crippen molar-refractivity contribution in [1.82, 2.24) is 30.2 Å². The molecule has 9 nitrogen and oxygen atoms in total. The molecular formula is C27H30F2N6O3. The number of aliphatic hydroxyl groups is 1. The molecule has 2 aromatic heterocycles. The first kappa shape index (κ1) is 27.1. The maximum absolute atomic E-state index is 13.8. The van der Waals surface area contributed by atoms with Crippen molar-refractivity contribution in [3.05, 3.63) is 88.4 Å². The third-order valence-corrected chi connectivity index (χ3v) is 6.15. The van der Waals surface area contributed by atoms with Crippen LogP contribution in [0, 0.1) is 18.6 Å². The van der Waals surface area contributed by atoms with Gasteiger partial charge in [0.25, 0.3) is 5.78 Å². The van der Waals surface area contributed by atoms with E-state index in [4.69, 9.17) is 0 Å². The van der Waals surface area contributed by atoms with Crippen LogP contribution in [-0.4, -0.2) is 54.4 Å². The lowest BCUT2D eigenvalue weighted by molar-refractivity contribution is -0.122. The quantitative estimate of drug-likeness (QED) is 0.238. The molecule has 0 aliphatic rings. The number of halogens is 2. The summed E-state index contributed by atoms with van der Waals surface area (Å²) in [6.07, 6.45) is -0.449. The van der Waals surface area contributed by atoms with Crippen molar-refractivity contribution in [3.63, 3.8) is 0 Å². The highest BCUT2D eigenvalue weighted by Gasteiger charge is 2.24. The van der Waals surface area contributed by atoms with E-state index in [1.54, 1.807) is 6.92 Å². The summed E-state index contributed by atoms with van der Waals surface area (Å²) >= 11 is 0. The van der Waals surface area contributed by atoms with E-state index in [0.717, 1.165) is 30.2 Å². The smallest absolute Gasteiger partial charge is 0.258 e. The van der Waals surface area contributed by atoms with Gasteiger partial charge in [0.05, 0.1) is 18.6 Å². The van der Waals surface area contributed by atoms with Crippen molar-refractivity contribution in [2.45, 2.75) is 51.8 Å². The lowest BCUT2D eigenvalue weighted by Crippen LogP contribution is -2.49. The summed E-state index contributed by atoms with van der Waals surface area (Å²) in [4.78, 5) is 17.1. The summed E-state index contributed by atoms with van der Waals surface area (Å²) in [5.41, 5.74) is 3.07. The van der Waals surface area contributed by atoms with Crippen LogP contribution in [0.25, 0.3) is 5.78 Å². The molecule has 0 bridgehead atoms. The second kappa shape index (κ2) is 12.1. The normalized spacial score (nSPS) is 13.0. The molecule has 4 aromatic rings. The van der Waals surface area contributed by atoms with Crippen molar-refractivity contribution in [3.8, 4) is 5.88 Å². The first-order valence-corrected chi connectivity index (χ1v) is 12.3. The van der Waals surface area contributed by atoms with Gasteiger partial charge in [0.1, 0.15) is 11.6 Å². The Hall–Kier alpha value is -3.96. The van der Waals surface area contributed by atoms with Gasteiger partial charge in [-0.3, -0.25) is 4.79 Å². The summed E-state index contributed by atoms with van der Waals surface area (Å²) in [7, 11) is 0. The summed E-state index contributed by atoms with van der Waals surface area (Å²) < 4.78 is 28.9. The van der Waals surface area contributed by atoms with E-state index >= 15 is 0 Å². The van der Waals surface area contributed by atoms with Crippen LogP contribution in [0.5, 0.6) is 5.88 Å². The average molecular weight is 525 g/mol. The minimum Gasteiger partial charge on any atom is -0.494 e. The van der Waals surface area contributed by atoms with Crippen LogP contribution in [0.4, 0.5) is 8.78 Å². The van der Waals surface area contributed by atoms with Gasteiger partial charge in [0, 0.05) is 30.9 Å². The van der Waals surface area contributed by atoms with Gasteiger partial charge in [0.2, 0.25) is 11.8 Å². The zero-order valence-corrected chi connectivity index (χ0v) is 21.2. The van der Waals surface area contributed by atoms with Crippen molar-refractivity contribution in [1.29, 1.82) is 0 Å².